The number of aliphatic carboxylic acids is 1. The highest BCUT2D eigenvalue weighted by Gasteiger charge is 1.94. The van der Waals surface area contributed by atoms with Crippen LogP contribution < -0.4 is 5.73 Å². The maximum atomic E-state index is 9.60. The van der Waals surface area contributed by atoms with Crippen molar-refractivity contribution in [2.24, 2.45) is 5.73 Å². The molecule has 150 valence electrons. The summed E-state index contributed by atoms with van der Waals surface area (Å²) < 4.78 is 0. The zero-order valence-electron chi connectivity index (χ0n) is 17.2. The molecule has 3 nitrogen and oxygen atoms in total. The monoisotopic (exact) mass is 355 g/mol. The maximum absolute atomic E-state index is 9.60. The number of rotatable bonds is 17. The van der Waals surface area contributed by atoms with Crippen LogP contribution >= 0.6 is 0 Å². The average molecular weight is 356 g/mol. The van der Waals surface area contributed by atoms with Crippen molar-refractivity contribution in [3.63, 3.8) is 0 Å². The van der Waals surface area contributed by atoms with Gasteiger partial charge in [0, 0.05) is 5.57 Å². The largest absolute Gasteiger partial charge is 0.478 e. The van der Waals surface area contributed by atoms with E-state index in [0.29, 0.717) is 0 Å². The molecule has 0 spiro atoms. The molecule has 0 bridgehead atoms. The van der Waals surface area contributed by atoms with Crippen molar-refractivity contribution < 1.29 is 9.90 Å². The molecule has 3 N–H and O–H groups in total. The molecule has 0 radical (unpaired) electrons. The third kappa shape index (κ3) is 28.3. The van der Waals surface area contributed by atoms with Gasteiger partial charge in [0.1, 0.15) is 0 Å². The van der Waals surface area contributed by atoms with Gasteiger partial charge in [0.15, 0.2) is 0 Å². The van der Waals surface area contributed by atoms with Crippen molar-refractivity contribution in [1.82, 2.24) is 0 Å². The lowest BCUT2D eigenvalue weighted by Crippen LogP contribution is -1.97. The molecule has 0 atom stereocenters. The number of carbonyl (C=O) groups is 1. The minimum absolute atomic E-state index is 0.176. The lowest BCUT2D eigenvalue weighted by molar-refractivity contribution is -0.132. The Bertz CT molecular complexity index is 262. The van der Waals surface area contributed by atoms with Crippen LogP contribution in [0.1, 0.15) is 117 Å². The van der Waals surface area contributed by atoms with Crippen LogP contribution in [0.25, 0.3) is 0 Å². The van der Waals surface area contributed by atoms with Crippen LogP contribution in [0.5, 0.6) is 0 Å². The molecule has 0 aromatic heterocycles. The van der Waals surface area contributed by atoms with Gasteiger partial charge in [-0.15, -0.1) is 0 Å². The lowest BCUT2D eigenvalue weighted by atomic mass is 10.0. The predicted molar refractivity (Wildman–Crippen MR) is 111 cm³/mol. The van der Waals surface area contributed by atoms with Gasteiger partial charge in [-0.25, -0.2) is 4.79 Å². The molecule has 0 aliphatic heterocycles. The summed E-state index contributed by atoms with van der Waals surface area (Å²) in [6, 6.07) is 0. The Balaban J connectivity index is 0. The molecule has 0 unspecified atom stereocenters. The molecule has 0 fully saturated rings. The second kappa shape index (κ2) is 23.2. The van der Waals surface area contributed by atoms with E-state index in [9.17, 15) is 4.79 Å². The van der Waals surface area contributed by atoms with E-state index in [0.717, 1.165) is 6.54 Å². The van der Waals surface area contributed by atoms with Crippen molar-refractivity contribution in [1.29, 1.82) is 0 Å². The molecule has 0 aliphatic carbocycles. The van der Waals surface area contributed by atoms with Crippen molar-refractivity contribution in [2.75, 3.05) is 6.54 Å². The number of hydrogen-bond donors (Lipinski definition) is 2. The maximum Gasteiger partial charge on any atom is 0.330 e. The number of carboxylic acids is 1. The van der Waals surface area contributed by atoms with Gasteiger partial charge in [-0.2, -0.15) is 0 Å². The number of carboxylic acid groups (broad SMARTS) is 1. The first kappa shape index (κ1) is 26.4. The van der Waals surface area contributed by atoms with Crippen LogP contribution in [0, 0.1) is 0 Å². The average Bonchev–Trinajstić information content (AvgIpc) is 2.59. The quantitative estimate of drug-likeness (QED) is 0.221. The van der Waals surface area contributed by atoms with Crippen molar-refractivity contribution in [2.45, 2.75) is 117 Å². The minimum atomic E-state index is -0.935. The molecule has 0 saturated heterocycles. The van der Waals surface area contributed by atoms with E-state index < -0.39 is 5.97 Å². The Morgan fingerprint density at radius 1 is 0.720 bits per heavy atom. The Morgan fingerprint density at radius 3 is 1.16 bits per heavy atom. The highest BCUT2D eigenvalue weighted by atomic mass is 16.4. The molecule has 0 heterocycles. The van der Waals surface area contributed by atoms with Crippen molar-refractivity contribution in [3.05, 3.63) is 12.2 Å². The van der Waals surface area contributed by atoms with Gasteiger partial charge in [-0.1, -0.05) is 110 Å². The molecular weight excluding hydrogens is 310 g/mol. The van der Waals surface area contributed by atoms with Gasteiger partial charge in [0.25, 0.3) is 0 Å². The van der Waals surface area contributed by atoms with Gasteiger partial charge in [-0.3, -0.25) is 0 Å². The molecule has 0 aliphatic rings. The Kier molecular flexibility index (Phi) is 24.5. The molecule has 0 aromatic carbocycles. The van der Waals surface area contributed by atoms with E-state index in [1.54, 1.807) is 0 Å². The SMILES string of the molecule is C=C(C)C(=O)O.CCCCCCCCCCCCCCCCCCN. The molecule has 25 heavy (non-hydrogen) atoms. The fourth-order valence-corrected chi connectivity index (χ4v) is 2.69. The summed E-state index contributed by atoms with van der Waals surface area (Å²) in [6.07, 6.45) is 22.9. The van der Waals surface area contributed by atoms with Crippen LogP contribution in [0.15, 0.2) is 12.2 Å². The predicted octanol–water partition coefficient (Wildman–Crippen LogP) is 6.85. The summed E-state index contributed by atoms with van der Waals surface area (Å²) >= 11 is 0. The van der Waals surface area contributed by atoms with Gasteiger partial charge in [0.2, 0.25) is 0 Å². The number of nitrogens with two attached hydrogens (primary N) is 1. The molecule has 3 heteroatoms. The molecule has 0 saturated carbocycles. The summed E-state index contributed by atoms with van der Waals surface area (Å²) in [7, 11) is 0. The minimum Gasteiger partial charge on any atom is -0.478 e. The van der Waals surface area contributed by atoms with Gasteiger partial charge >= 0.3 is 5.97 Å². The first-order chi connectivity index (χ1) is 12.1. The Labute approximate surface area is 157 Å². The molecule has 0 amide bonds. The first-order valence-corrected chi connectivity index (χ1v) is 10.6. The van der Waals surface area contributed by atoms with Crippen LogP contribution in [-0.2, 0) is 4.79 Å². The van der Waals surface area contributed by atoms with Gasteiger partial charge < -0.3 is 10.8 Å². The third-order valence-electron chi connectivity index (χ3n) is 4.42. The molecular formula is C22H45NO2. The van der Waals surface area contributed by atoms with E-state index in [1.165, 1.54) is 110 Å². The lowest BCUT2D eigenvalue weighted by Gasteiger charge is -2.03. The second-order valence-electron chi connectivity index (χ2n) is 7.18. The highest BCUT2D eigenvalue weighted by Crippen LogP contribution is 2.13. The summed E-state index contributed by atoms with van der Waals surface area (Å²) in [4.78, 5) is 9.60. The summed E-state index contributed by atoms with van der Waals surface area (Å²) in [5.41, 5.74) is 5.66. The fraction of sp³-hybridized carbons (Fsp3) is 0.864. The Hall–Kier alpha value is -0.830. The van der Waals surface area contributed by atoms with E-state index >= 15 is 0 Å². The number of hydrogen-bond acceptors (Lipinski definition) is 2. The molecule has 0 aromatic rings. The van der Waals surface area contributed by atoms with E-state index in [4.69, 9.17) is 10.8 Å². The molecule has 0 rings (SSSR count). The summed E-state index contributed by atoms with van der Waals surface area (Å²) in [5.74, 6) is -0.935. The van der Waals surface area contributed by atoms with E-state index in [-0.39, 0.29) is 5.57 Å². The standard InChI is InChI=1S/C18H39N.C4H6O2/c1-2-3-4-5-6-7-8-9-10-11-12-13-14-15-16-17-18-19;1-3(2)4(5)6/h2-19H2,1H3;1H2,2H3,(H,5,6). The Morgan fingerprint density at radius 2 is 0.960 bits per heavy atom. The van der Waals surface area contributed by atoms with E-state index in [2.05, 4.69) is 13.5 Å². The first-order valence-electron chi connectivity index (χ1n) is 10.6. The van der Waals surface area contributed by atoms with Crippen LogP contribution in [0.3, 0.4) is 0 Å². The fourth-order valence-electron chi connectivity index (χ4n) is 2.69. The third-order valence-corrected chi connectivity index (χ3v) is 4.42. The highest BCUT2D eigenvalue weighted by molar-refractivity contribution is 5.84. The summed E-state index contributed by atoms with van der Waals surface area (Å²) in [5, 5.41) is 7.89. The van der Waals surface area contributed by atoms with Crippen molar-refractivity contribution in [3.8, 4) is 0 Å². The number of unbranched alkanes of at least 4 members (excludes halogenated alkanes) is 15. The van der Waals surface area contributed by atoms with Gasteiger partial charge in [-0.05, 0) is 19.9 Å². The smallest absolute Gasteiger partial charge is 0.330 e. The summed E-state index contributed by atoms with van der Waals surface area (Å²) in [6.45, 7) is 7.77. The van der Waals surface area contributed by atoms with Crippen LogP contribution in [0.2, 0.25) is 0 Å². The van der Waals surface area contributed by atoms with Crippen LogP contribution in [-0.4, -0.2) is 17.6 Å². The van der Waals surface area contributed by atoms with E-state index in [1.807, 2.05) is 0 Å². The normalized spacial score (nSPS) is 10.2. The second-order valence-corrected chi connectivity index (χ2v) is 7.18. The zero-order chi connectivity index (χ0) is 19.2. The zero-order valence-corrected chi connectivity index (χ0v) is 17.2. The topological polar surface area (TPSA) is 63.3 Å². The van der Waals surface area contributed by atoms with Crippen LogP contribution in [0.4, 0.5) is 0 Å². The van der Waals surface area contributed by atoms with Gasteiger partial charge in [0.05, 0.1) is 0 Å². The van der Waals surface area contributed by atoms with Crippen molar-refractivity contribution >= 4 is 5.97 Å².